The molecule has 4 rings (SSSR count). The number of amides is 1. The van der Waals surface area contributed by atoms with Crippen molar-refractivity contribution < 1.29 is 4.79 Å². The summed E-state index contributed by atoms with van der Waals surface area (Å²) in [4.78, 5) is 24.7. The second-order valence-corrected chi connectivity index (χ2v) is 6.71. The van der Waals surface area contributed by atoms with Gasteiger partial charge in [-0.1, -0.05) is 17.4 Å². The first-order valence-electron chi connectivity index (χ1n) is 7.23. The topological polar surface area (TPSA) is 80.1 Å². The van der Waals surface area contributed by atoms with Gasteiger partial charge in [-0.25, -0.2) is 0 Å². The van der Waals surface area contributed by atoms with Gasteiger partial charge >= 0.3 is 0 Å². The van der Waals surface area contributed by atoms with Crippen molar-refractivity contribution in [3.63, 3.8) is 0 Å². The van der Waals surface area contributed by atoms with Gasteiger partial charge in [0.05, 0.1) is 0 Å². The Morgan fingerprint density at radius 3 is 3.05 bits per heavy atom. The molecule has 2 bridgehead atoms. The smallest absolute Gasteiger partial charge is 0.250 e. The zero-order chi connectivity index (χ0) is 15.1. The molecule has 7 nitrogen and oxygen atoms in total. The predicted octanol–water partition coefficient (Wildman–Crippen LogP) is 0.892. The van der Waals surface area contributed by atoms with Crippen LogP contribution in [0.4, 0.5) is 10.3 Å². The van der Waals surface area contributed by atoms with Crippen LogP contribution in [0.15, 0.2) is 23.0 Å². The molecule has 0 radical (unpaired) electrons. The largest absolute Gasteiger partial charge is 0.346 e. The van der Waals surface area contributed by atoms with E-state index in [2.05, 4.69) is 20.4 Å². The number of hydrogen-bond donors (Lipinski definition) is 1. The minimum atomic E-state index is 0.0917. The van der Waals surface area contributed by atoms with E-state index in [-0.39, 0.29) is 5.56 Å². The summed E-state index contributed by atoms with van der Waals surface area (Å²) in [7, 11) is 0. The highest BCUT2D eigenvalue weighted by Crippen LogP contribution is 2.37. The number of anilines is 2. The summed E-state index contributed by atoms with van der Waals surface area (Å²) in [5, 5.41) is 12.0. The minimum absolute atomic E-state index is 0.0917. The van der Waals surface area contributed by atoms with E-state index < -0.39 is 0 Å². The van der Waals surface area contributed by atoms with E-state index in [4.69, 9.17) is 0 Å². The van der Waals surface area contributed by atoms with Gasteiger partial charge in [0.2, 0.25) is 16.7 Å². The highest BCUT2D eigenvalue weighted by Gasteiger charge is 2.35. The number of fused-ring (bicyclic) bond motifs is 4. The number of rotatable bonds is 3. The molecule has 114 valence electrons. The van der Waals surface area contributed by atoms with E-state index >= 15 is 0 Å². The van der Waals surface area contributed by atoms with E-state index in [1.54, 1.807) is 6.07 Å². The van der Waals surface area contributed by atoms with E-state index in [0.29, 0.717) is 23.4 Å². The normalized spacial score (nSPS) is 23.0. The standard InChI is InChI=1S/C14H15N5O2S/c20-8-15-13-16-17-14(22-13)18-5-9-4-10(7-18)11-2-1-3-12(21)19(11)6-9/h1-3,8-10H,4-7H2,(H,15,16,20)/t9-,10+/m0/s1. The molecule has 1 fully saturated rings. The molecule has 2 aromatic rings. The lowest BCUT2D eigenvalue weighted by molar-refractivity contribution is -0.105. The summed E-state index contributed by atoms with van der Waals surface area (Å²) in [6, 6.07) is 5.51. The van der Waals surface area contributed by atoms with Gasteiger partial charge in [-0.15, -0.1) is 10.2 Å². The molecule has 2 atom stereocenters. The van der Waals surface area contributed by atoms with E-state index in [1.165, 1.54) is 11.3 Å². The van der Waals surface area contributed by atoms with Crippen LogP contribution in [0.25, 0.3) is 0 Å². The van der Waals surface area contributed by atoms with Crippen molar-refractivity contribution in [2.45, 2.75) is 18.9 Å². The van der Waals surface area contributed by atoms with Crippen LogP contribution in [0.2, 0.25) is 0 Å². The Balaban J connectivity index is 1.62. The van der Waals surface area contributed by atoms with Crippen LogP contribution in [-0.4, -0.2) is 34.3 Å². The summed E-state index contributed by atoms with van der Waals surface area (Å²) in [6.45, 7) is 2.46. The third kappa shape index (κ3) is 2.19. The molecular weight excluding hydrogens is 302 g/mol. The van der Waals surface area contributed by atoms with Crippen LogP contribution in [0.3, 0.4) is 0 Å². The molecule has 0 unspecified atom stereocenters. The maximum Gasteiger partial charge on any atom is 0.250 e. The molecule has 0 spiro atoms. The van der Waals surface area contributed by atoms with Crippen LogP contribution < -0.4 is 15.8 Å². The molecular formula is C14H15N5O2S. The zero-order valence-corrected chi connectivity index (χ0v) is 12.6. The van der Waals surface area contributed by atoms with Crippen molar-refractivity contribution >= 4 is 28.0 Å². The molecule has 0 aromatic carbocycles. The summed E-state index contributed by atoms with van der Waals surface area (Å²) < 4.78 is 1.91. The number of hydrogen-bond acceptors (Lipinski definition) is 6. The van der Waals surface area contributed by atoms with Crippen molar-refractivity contribution in [1.29, 1.82) is 0 Å². The van der Waals surface area contributed by atoms with Crippen molar-refractivity contribution in [2.24, 2.45) is 5.92 Å². The average Bonchev–Trinajstić information content (AvgIpc) is 2.97. The molecule has 0 aliphatic carbocycles. The Labute approximate surface area is 130 Å². The molecule has 2 aliphatic heterocycles. The van der Waals surface area contributed by atoms with Gasteiger partial charge < -0.3 is 14.8 Å². The lowest BCUT2D eigenvalue weighted by Crippen LogP contribution is -2.47. The molecule has 2 aromatic heterocycles. The van der Waals surface area contributed by atoms with Crippen LogP contribution in [-0.2, 0) is 11.3 Å². The summed E-state index contributed by atoms with van der Waals surface area (Å²) >= 11 is 1.38. The Morgan fingerprint density at radius 2 is 2.18 bits per heavy atom. The Hall–Kier alpha value is -2.22. The number of nitrogens with one attached hydrogen (secondary N) is 1. The van der Waals surface area contributed by atoms with Crippen molar-refractivity contribution in [1.82, 2.24) is 14.8 Å². The predicted molar refractivity (Wildman–Crippen MR) is 83.4 cm³/mol. The molecule has 1 amide bonds. The van der Waals surface area contributed by atoms with Gasteiger partial charge in [0, 0.05) is 37.3 Å². The monoisotopic (exact) mass is 317 g/mol. The maximum absolute atomic E-state index is 12.0. The fourth-order valence-corrected chi connectivity index (χ4v) is 4.23. The summed E-state index contributed by atoms with van der Waals surface area (Å²) in [5.41, 5.74) is 1.21. The van der Waals surface area contributed by atoms with E-state index in [0.717, 1.165) is 36.9 Å². The number of nitrogens with zero attached hydrogens (tertiary/aromatic N) is 4. The SMILES string of the molecule is O=CNc1nnc(N2C[C@@H]3C[C@H](C2)c2cccc(=O)n2C3)s1. The second kappa shape index (κ2) is 5.20. The van der Waals surface area contributed by atoms with Crippen LogP contribution in [0.1, 0.15) is 18.0 Å². The second-order valence-electron chi connectivity index (χ2n) is 5.76. The van der Waals surface area contributed by atoms with Gasteiger partial charge in [0.25, 0.3) is 5.56 Å². The number of carbonyl (C=O) groups excluding carboxylic acids is 1. The first kappa shape index (κ1) is 13.4. The Morgan fingerprint density at radius 1 is 1.27 bits per heavy atom. The van der Waals surface area contributed by atoms with Gasteiger partial charge in [-0.2, -0.15) is 0 Å². The first-order chi connectivity index (χ1) is 10.7. The molecule has 1 saturated heterocycles. The van der Waals surface area contributed by atoms with E-state index in [9.17, 15) is 9.59 Å². The number of carbonyl (C=O) groups is 1. The maximum atomic E-state index is 12.0. The fraction of sp³-hybridized carbons (Fsp3) is 0.429. The third-order valence-electron chi connectivity index (χ3n) is 4.35. The van der Waals surface area contributed by atoms with Crippen molar-refractivity contribution in [3.05, 3.63) is 34.2 Å². The highest BCUT2D eigenvalue weighted by atomic mass is 32.1. The molecule has 22 heavy (non-hydrogen) atoms. The number of piperidine rings is 1. The molecule has 2 aliphatic rings. The van der Waals surface area contributed by atoms with Gasteiger partial charge in [0.15, 0.2) is 0 Å². The van der Waals surface area contributed by atoms with Gasteiger partial charge in [-0.3, -0.25) is 9.59 Å². The van der Waals surface area contributed by atoms with Crippen LogP contribution in [0, 0.1) is 5.92 Å². The van der Waals surface area contributed by atoms with Crippen LogP contribution in [0.5, 0.6) is 0 Å². The summed E-state index contributed by atoms with van der Waals surface area (Å²) in [5.74, 6) is 0.783. The Bertz CT molecular complexity index is 771. The third-order valence-corrected chi connectivity index (χ3v) is 5.26. The minimum Gasteiger partial charge on any atom is -0.346 e. The number of aromatic nitrogens is 3. The Kier molecular flexibility index (Phi) is 3.18. The lowest BCUT2D eigenvalue weighted by Gasteiger charge is -2.42. The van der Waals surface area contributed by atoms with Gasteiger partial charge in [-0.05, 0) is 18.4 Å². The molecule has 0 saturated carbocycles. The zero-order valence-electron chi connectivity index (χ0n) is 11.8. The van der Waals surface area contributed by atoms with Gasteiger partial charge in [0.1, 0.15) is 0 Å². The fourth-order valence-electron chi connectivity index (χ4n) is 3.50. The van der Waals surface area contributed by atoms with E-state index in [1.807, 2.05) is 16.7 Å². The molecule has 8 heteroatoms. The first-order valence-corrected chi connectivity index (χ1v) is 8.04. The van der Waals surface area contributed by atoms with Crippen molar-refractivity contribution in [2.75, 3.05) is 23.3 Å². The molecule has 4 heterocycles. The lowest BCUT2D eigenvalue weighted by atomic mass is 9.83. The summed E-state index contributed by atoms with van der Waals surface area (Å²) in [6.07, 6.45) is 1.72. The number of pyridine rings is 1. The molecule has 1 N–H and O–H groups in total. The highest BCUT2D eigenvalue weighted by molar-refractivity contribution is 7.19. The van der Waals surface area contributed by atoms with Crippen molar-refractivity contribution in [3.8, 4) is 0 Å². The average molecular weight is 317 g/mol. The quantitative estimate of drug-likeness (QED) is 0.851. The van der Waals surface area contributed by atoms with Crippen LogP contribution >= 0.6 is 11.3 Å².